The minimum atomic E-state index is 1.23. The zero-order valence-corrected chi connectivity index (χ0v) is 7.51. The Hall–Kier alpha value is -0.720. The van der Waals surface area contributed by atoms with E-state index in [0.29, 0.717) is 0 Å². The number of nitrogens with zero attached hydrogens (tertiary/aromatic N) is 1. The molecule has 1 nitrogen and oxygen atoms in total. The molecule has 1 aliphatic carbocycles. The van der Waals surface area contributed by atoms with Crippen molar-refractivity contribution in [3.63, 3.8) is 0 Å². The van der Waals surface area contributed by atoms with Crippen LogP contribution >= 0.6 is 0 Å². The lowest BCUT2D eigenvalue weighted by atomic mass is 10.1. The number of hydrogen-bond donors (Lipinski definition) is 0. The maximum atomic E-state index is 2.25. The van der Waals surface area contributed by atoms with Crippen molar-refractivity contribution in [1.29, 1.82) is 0 Å². The lowest BCUT2D eigenvalue weighted by Gasteiger charge is -2.17. The number of rotatable bonds is 1. The van der Waals surface area contributed by atoms with Crippen molar-refractivity contribution in [2.45, 2.75) is 25.7 Å². The molecule has 0 bridgehead atoms. The highest BCUT2D eigenvalue weighted by Crippen LogP contribution is 2.13. The molecule has 0 saturated heterocycles. The first-order valence-corrected chi connectivity index (χ1v) is 4.34. The van der Waals surface area contributed by atoms with Crippen LogP contribution in [0.1, 0.15) is 25.7 Å². The topological polar surface area (TPSA) is 3.24 Å². The van der Waals surface area contributed by atoms with Gasteiger partial charge in [0.15, 0.2) is 0 Å². The normalized spacial score (nSPS) is 26.2. The van der Waals surface area contributed by atoms with Gasteiger partial charge in [0.1, 0.15) is 0 Å². The Morgan fingerprint density at radius 3 is 2.82 bits per heavy atom. The minimum Gasteiger partial charge on any atom is -0.381 e. The Balaban J connectivity index is 2.58. The summed E-state index contributed by atoms with van der Waals surface area (Å²) in [5, 5.41) is 0. The quantitative estimate of drug-likeness (QED) is 0.556. The largest absolute Gasteiger partial charge is 0.381 e. The maximum Gasteiger partial charge on any atom is 0.0127 e. The second-order valence-electron chi connectivity index (χ2n) is 3.23. The molecule has 0 aliphatic heterocycles. The van der Waals surface area contributed by atoms with Gasteiger partial charge in [0.05, 0.1) is 0 Å². The van der Waals surface area contributed by atoms with Crippen molar-refractivity contribution in [2.75, 3.05) is 14.1 Å². The van der Waals surface area contributed by atoms with E-state index >= 15 is 0 Å². The minimum absolute atomic E-state index is 1.23. The van der Waals surface area contributed by atoms with Gasteiger partial charge in [0.2, 0.25) is 0 Å². The van der Waals surface area contributed by atoms with Gasteiger partial charge < -0.3 is 4.90 Å². The summed E-state index contributed by atoms with van der Waals surface area (Å²) in [5.41, 5.74) is 1.45. The second-order valence-corrected chi connectivity index (χ2v) is 3.23. The van der Waals surface area contributed by atoms with Crippen LogP contribution in [0.3, 0.4) is 0 Å². The molecular weight excluding hydrogens is 134 g/mol. The lowest BCUT2D eigenvalue weighted by Crippen LogP contribution is -2.11. The molecule has 0 unspecified atom stereocenters. The first-order valence-electron chi connectivity index (χ1n) is 4.34. The van der Waals surface area contributed by atoms with Crippen molar-refractivity contribution < 1.29 is 0 Å². The van der Waals surface area contributed by atoms with Crippen molar-refractivity contribution in [3.05, 3.63) is 23.9 Å². The van der Waals surface area contributed by atoms with Gasteiger partial charge >= 0.3 is 0 Å². The highest BCUT2D eigenvalue weighted by Gasteiger charge is 1.99. The Morgan fingerprint density at radius 2 is 2.09 bits per heavy atom. The van der Waals surface area contributed by atoms with Gasteiger partial charge in [-0.2, -0.15) is 0 Å². The van der Waals surface area contributed by atoms with Crippen molar-refractivity contribution in [3.8, 4) is 0 Å². The molecular formula is C10H17N. The predicted molar refractivity (Wildman–Crippen MR) is 49.4 cm³/mol. The molecule has 1 heteroatoms. The standard InChI is InChI=1S/C10H17N/c1-11(2)10-8-6-4-3-5-7-9-10/h4,6,8H,3,5,7,9H2,1-2H3/b6-4-,10-8+. The molecule has 0 aromatic heterocycles. The van der Waals surface area contributed by atoms with E-state index in [9.17, 15) is 0 Å². The summed E-state index contributed by atoms with van der Waals surface area (Å²) in [6, 6.07) is 0. The maximum absolute atomic E-state index is 2.25. The molecule has 0 amide bonds. The average Bonchev–Trinajstić information content (AvgIpc) is 1.84. The predicted octanol–water partition coefficient (Wildman–Crippen LogP) is 2.56. The summed E-state index contributed by atoms with van der Waals surface area (Å²) < 4.78 is 0. The van der Waals surface area contributed by atoms with Crippen LogP contribution in [-0.2, 0) is 0 Å². The molecule has 0 fully saturated rings. The Morgan fingerprint density at radius 1 is 1.27 bits per heavy atom. The number of allylic oxidation sites excluding steroid dienone is 4. The average molecular weight is 151 g/mol. The van der Waals surface area contributed by atoms with Gasteiger partial charge in [-0.25, -0.2) is 0 Å². The van der Waals surface area contributed by atoms with E-state index in [0.717, 1.165) is 0 Å². The van der Waals surface area contributed by atoms with Crippen LogP contribution in [0, 0.1) is 0 Å². The van der Waals surface area contributed by atoms with Crippen molar-refractivity contribution >= 4 is 0 Å². The summed E-state index contributed by atoms with van der Waals surface area (Å²) in [5.74, 6) is 0. The van der Waals surface area contributed by atoms with Gasteiger partial charge in [-0.1, -0.05) is 12.2 Å². The van der Waals surface area contributed by atoms with E-state index in [1.807, 2.05) is 0 Å². The van der Waals surface area contributed by atoms with Crippen molar-refractivity contribution in [1.82, 2.24) is 4.90 Å². The van der Waals surface area contributed by atoms with E-state index in [-0.39, 0.29) is 0 Å². The molecule has 0 spiro atoms. The van der Waals surface area contributed by atoms with Gasteiger partial charge in [-0.3, -0.25) is 0 Å². The molecule has 0 heterocycles. The third-order valence-electron chi connectivity index (χ3n) is 2.05. The van der Waals surface area contributed by atoms with Gasteiger partial charge in [0.25, 0.3) is 0 Å². The van der Waals surface area contributed by atoms with Crippen LogP contribution in [-0.4, -0.2) is 19.0 Å². The molecule has 62 valence electrons. The second kappa shape index (κ2) is 4.22. The molecule has 0 aromatic carbocycles. The van der Waals surface area contributed by atoms with E-state index in [1.54, 1.807) is 0 Å². The van der Waals surface area contributed by atoms with E-state index in [2.05, 4.69) is 37.2 Å². The first-order chi connectivity index (χ1) is 5.30. The molecule has 0 radical (unpaired) electrons. The van der Waals surface area contributed by atoms with Crippen LogP contribution in [0.15, 0.2) is 23.9 Å². The first kappa shape index (κ1) is 8.38. The summed E-state index contributed by atoms with van der Waals surface area (Å²) in [4.78, 5) is 2.20. The summed E-state index contributed by atoms with van der Waals surface area (Å²) >= 11 is 0. The Kier molecular flexibility index (Phi) is 3.21. The van der Waals surface area contributed by atoms with Crippen LogP contribution < -0.4 is 0 Å². The fraction of sp³-hybridized carbons (Fsp3) is 0.600. The third-order valence-corrected chi connectivity index (χ3v) is 2.05. The molecule has 0 saturated carbocycles. The van der Waals surface area contributed by atoms with Crippen LogP contribution in [0.25, 0.3) is 0 Å². The van der Waals surface area contributed by atoms with Crippen LogP contribution in [0.2, 0.25) is 0 Å². The smallest absolute Gasteiger partial charge is 0.0127 e. The molecule has 0 atom stereocenters. The SMILES string of the molecule is CN(C)/C1=C/C=C\CCCC1. The number of hydrogen-bond acceptors (Lipinski definition) is 1. The van der Waals surface area contributed by atoms with Gasteiger partial charge in [0, 0.05) is 19.8 Å². The van der Waals surface area contributed by atoms with Gasteiger partial charge in [-0.15, -0.1) is 0 Å². The van der Waals surface area contributed by atoms with Crippen molar-refractivity contribution in [2.24, 2.45) is 0 Å². The Bertz CT molecular complexity index is 166. The van der Waals surface area contributed by atoms with E-state index < -0.39 is 0 Å². The van der Waals surface area contributed by atoms with E-state index in [1.165, 1.54) is 31.4 Å². The molecule has 11 heavy (non-hydrogen) atoms. The van der Waals surface area contributed by atoms with Crippen LogP contribution in [0.4, 0.5) is 0 Å². The molecule has 1 rings (SSSR count). The zero-order valence-electron chi connectivity index (χ0n) is 7.51. The highest BCUT2D eigenvalue weighted by molar-refractivity contribution is 5.12. The highest BCUT2D eigenvalue weighted by atomic mass is 15.1. The monoisotopic (exact) mass is 151 g/mol. The third kappa shape index (κ3) is 2.79. The fourth-order valence-corrected chi connectivity index (χ4v) is 1.30. The molecule has 0 N–H and O–H groups in total. The molecule has 1 aliphatic rings. The summed E-state index contributed by atoms with van der Waals surface area (Å²) in [7, 11) is 4.22. The van der Waals surface area contributed by atoms with Crippen LogP contribution in [0.5, 0.6) is 0 Å². The lowest BCUT2D eigenvalue weighted by molar-refractivity contribution is 0.476. The summed E-state index contributed by atoms with van der Waals surface area (Å²) in [6.45, 7) is 0. The van der Waals surface area contributed by atoms with E-state index in [4.69, 9.17) is 0 Å². The fourth-order valence-electron chi connectivity index (χ4n) is 1.30. The Labute approximate surface area is 69.4 Å². The molecule has 0 aromatic rings. The summed E-state index contributed by atoms with van der Waals surface area (Å²) in [6.07, 6.45) is 11.8. The van der Waals surface area contributed by atoms with Gasteiger partial charge in [-0.05, 0) is 31.8 Å². The zero-order chi connectivity index (χ0) is 8.10.